The van der Waals surface area contributed by atoms with E-state index < -0.39 is 128 Å². The molecule has 10 N–H and O–H groups in total. The van der Waals surface area contributed by atoms with Gasteiger partial charge in [0.25, 0.3) is 17.7 Å². The van der Waals surface area contributed by atoms with Crippen LogP contribution in [-0.4, -0.2) is 133 Å². The molecular formula is C42H50N6O18. The maximum absolute atomic E-state index is 13.6. The first kappa shape index (κ1) is 52.4. The van der Waals surface area contributed by atoms with Gasteiger partial charge in [-0.1, -0.05) is 18.2 Å². The highest BCUT2D eigenvalue weighted by molar-refractivity contribution is 6.04. The minimum Gasteiger partial charge on any atom is -0.508 e. The molecule has 0 aromatic heterocycles. The molecule has 1 fully saturated rings. The van der Waals surface area contributed by atoms with Crippen LogP contribution < -0.4 is 26.6 Å². The van der Waals surface area contributed by atoms with Gasteiger partial charge in [-0.3, -0.25) is 47.9 Å². The molecule has 4 atom stereocenters. The van der Waals surface area contributed by atoms with E-state index in [1.165, 1.54) is 30.3 Å². The highest BCUT2D eigenvalue weighted by Gasteiger charge is 2.34. The van der Waals surface area contributed by atoms with E-state index >= 15 is 0 Å². The molecule has 0 radical (unpaired) electrons. The van der Waals surface area contributed by atoms with Crippen molar-refractivity contribution in [2.45, 2.75) is 108 Å². The summed E-state index contributed by atoms with van der Waals surface area (Å²) >= 11 is 0. The predicted molar refractivity (Wildman–Crippen MR) is 222 cm³/mol. The van der Waals surface area contributed by atoms with Crippen molar-refractivity contribution < 1.29 is 87.9 Å². The number of imide groups is 1. The fourth-order valence-corrected chi connectivity index (χ4v) is 6.22. The molecule has 0 bridgehead atoms. The molecule has 2 aromatic rings. The number of benzene rings is 2. The number of carboxylic acid groups (broad SMARTS) is 4. The topological polar surface area (TPSA) is 379 Å². The molecule has 356 valence electrons. The summed E-state index contributed by atoms with van der Waals surface area (Å²) < 4.78 is 0. The van der Waals surface area contributed by atoms with Gasteiger partial charge in [-0.25, -0.2) is 9.59 Å². The number of amides is 7. The van der Waals surface area contributed by atoms with Gasteiger partial charge in [0.05, 0.1) is 5.56 Å². The number of aryl methyl sites for hydroxylation is 1. The smallest absolute Gasteiger partial charge is 0.363 e. The Labute approximate surface area is 375 Å². The number of nitrogens with zero attached hydrogens (tertiary/aromatic N) is 1. The van der Waals surface area contributed by atoms with Crippen LogP contribution in [0.25, 0.3) is 0 Å². The molecular weight excluding hydrogens is 876 g/mol. The number of hydrogen-bond donors (Lipinski definition) is 10. The van der Waals surface area contributed by atoms with Crippen molar-refractivity contribution >= 4 is 71.2 Å². The number of carboxylic acids is 4. The summed E-state index contributed by atoms with van der Waals surface area (Å²) in [5.74, 6) is -13.3. The fraction of sp³-hybridized carbons (Fsp3) is 0.429. The van der Waals surface area contributed by atoms with Gasteiger partial charge >= 0.3 is 29.8 Å². The third kappa shape index (κ3) is 18.1. The average Bonchev–Trinajstić information content (AvgIpc) is 3.58. The lowest BCUT2D eigenvalue weighted by Crippen LogP contribution is -2.58. The Morgan fingerprint density at radius 1 is 0.591 bits per heavy atom. The highest BCUT2D eigenvalue weighted by atomic mass is 16.7. The van der Waals surface area contributed by atoms with Crippen molar-refractivity contribution in [3.63, 3.8) is 0 Å². The van der Waals surface area contributed by atoms with E-state index in [-0.39, 0.29) is 66.5 Å². The van der Waals surface area contributed by atoms with Gasteiger partial charge in [0.1, 0.15) is 29.9 Å². The highest BCUT2D eigenvalue weighted by Crippen LogP contribution is 2.16. The zero-order valence-electron chi connectivity index (χ0n) is 35.3. The number of phenols is 1. The van der Waals surface area contributed by atoms with Crippen molar-refractivity contribution in [1.29, 1.82) is 0 Å². The second kappa shape index (κ2) is 26.0. The molecule has 1 aliphatic heterocycles. The van der Waals surface area contributed by atoms with Gasteiger partial charge in [0.15, 0.2) is 0 Å². The maximum atomic E-state index is 13.6. The molecule has 7 amide bonds. The molecule has 0 aliphatic carbocycles. The lowest BCUT2D eigenvalue weighted by Gasteiger charge is -2.26. The number of rotatable bonds is 28. The third-order valence-corrected chi connectivity index (χ3v) is 9.80. The summed E-state index contributed by atoms with van der Waals surface area (Å²) in [5.41, 5.74) is 0.241. The van der Waals surface area contributed by atoms with Crippen LogP contribution >= 0.6 is 0 Å². The summed E-state index contributed by atoms with van der Waals surface area (Å²) in [6.07, 6.45) is -3.48. The Balaban J connectivity index is 1.68. The first-order valence-electron chi connectivity index (χ1n) is 20.6. The summed E-state index contributed by atoms with van der Waals surface area (Å²) in [5, 5.41) is 59.2. The number of nitrogens with one attached hydrogen (secondary N) is 5. The summed E-state index contributed by atoms with van der Waals surface area (Å²) in [6.45, 7) is 0.174. The first-order chi connectivity index (χ1) is 31.2. The SMILES string of the molecule is O=C(O)CC[C@@H](NC(=O)c1cccc(C(=O)ON2C(=O)CCC2=O)c1)C(=O)N[C@H](CCC(=O)O)C(=O)N[C@H](CCC(=O)O)C(=O)N[C@H](CCCCNC(=O)CCc1ccc(O)cc1)C(=O)O. The Morgan fingerprint density at radius 3 is 1.58 bits per heavy atom. The zero-order chi connectivity index (χ0) is 48.9. The van der Waals surface area contributed by atoms with Gasteiger partial charge in [0.2, 0.25) is 23.6 Å². The Kier molecular flexibility index (Phi) is 20.7. The van der Waals surface area contributed by atoms with Gasteiger partial charge in [-0.05, 0) is 80.8 Å². The molecule has 1 saturated heterocycles. The standard InChI is InChI=1S/C42H50N6O18/c49-26-10-7-23(8-11-26)9-15-31(50)43-21-2-1-6-30(41(63)64)47-40(62)29(14-20-36(57)58)46-39(61)28(13-19-35(55)56)45-38(60)27(12-18-34(53)54)44-37(59)24-4-3-5-25(22-24)42(65)66-48-32(51)16-17-33(48)52/h3-5,7-8,10-11,22,27-30,49H,1-2,6,9,12-21H2,(H,43,50)(H,44,59)(H,45,60)(H,46,61)(H,47,62)(H,53,54)(H,55,56)(H,57,58)(H,63,64)/t27-,28-,29-,30-/m1/s1. The van der Waals surface area contributed by atoms with Crippen molar-refractivity contribution in [2.24, 2.45) is 0 Å². The predicted octanol–water partition coefficient (Wildman–Crippen LogP) is -0.236. The van der Waals surface area contributed by atoms with Crippen molar-refractivity contribution in [3.05, 3.63) is 65.2 Å². The number of carbonyl (C=O) groups is 12. The molecule has 2 aromatic carbocycles. The first-order valence-corrected chi connectivity index (χ1v) is 20.6. The van der Waals surface area contributed by atoms with Crippen LogP contribution in [0, 0.1) is 0 Å². The summed E-state index contributed by atoms with van der Waals surface area (Å²) in [4.78, 5) is 154. The van der Waals surface area contributed by atoms with E-state index in [0.29, 0.717) is 12.8 Å². The van der Waals surface area contributed by atoms with Gasteiger partial charge in [-0.2, -0.15) is 0 Å². The van der Waals surface area contributed by atoms with Crippen LogP contribution in [0.3, 0.4) is 0 Å². The second-order valence-electron chi connectivity index (χ2n) is 14.9. The largest absolute Gasteiger partial charge is 0.508 e. The van der Waals surface area contributed by atoms with Gasteiger partial charge < -0.3 is 57.0 Å². The molecule has 0 saturated carbocycles. The number of hydrogen-bond acceptors (Lipinski definition) is 14. The Bertz CT molecular complexity index is 2150. The molecule has 0 spiro atoms. The van der Waals surface area contributed by atoms with Crippen LogP contribution in [0.4, 0.5) is 0 Å². The molecule has 24 nitrogen and oxygen atoms in total. The lowest BCUT2D eigenvalue weighted by atomic mass is 10.0. The lowest BCUT2D eigenvalue weighted by molar-refractivity contribution is -0.172. The van der Waals surface area contributed by atoms with Crippen molar-refractivity contribution in [2.75, 3.05) is 6.54 Å². The van der Waals surface area contributed by atoms with Crippen LogP contribution in [0.1, 0.15) is 103 Å². The third-order valence-electron chi connectivity index (χ3n) is 9.80. The fourth-order valence-electron chi connectivity index (χ4n) is 6.22. The van der Waals surface area contributed by atoms with Crippen LogP contribution in [0.15, 0.2) is 48.5 Å². The van der Waals surface area contributed by atoms with Crippen LogP contribution in [0.5, 0.6) is 5.75 Å². The van der Waals surface area contributed by atoms with Crippen molar-refractivity contribution in [1.82, 2.24) is 31.6 Å². The van der Waals surface area contributed by atoms with Crippen LogP contribution in [0.2, 0.25) is 0 Å². The van der Waals surface area contributed by atoms with E-state index in [1.54, 1.807) is 12.1 Å². The monoisotopic (exact) mass is 926 g/mol. The van der Waals surface area contributed by atoms with E-state index in [9.17, 15) is 83.1 Å². The number of phenolic OH excluding ortho intramolecular Hbond substituents is 1. The molecule has 1 aliphatic rings. The Morgan fingerprint density at radius 2 is 1.08 bits per heavy atom. The number of aliphatic carboxylic acids is 4. The minimum absolute atomic E-state index is 0.0847. The zero-order valence-corrected chi connectivity index (χ0v) is 35.3. The van der Waals surface area contributed by atoms with E-state index in [4.69, 9.17) is 4.84 Å². The quantitative estimate of drug-likeness (QED) is 0.0389. The van der Waals surface area contributed by atoms with E-state index in [2.05, 4.69) is 26.6 Å². The number of aromatic hydroxyl groups is 1. The Hall–Kier alpha value is -7.92. The second-order valence-corrected chi connectivity index (χ2v) is 14.9. The van der Waals surface area contributed by atoms with E-state index in [0.717, 1.165) is 11.6 Å². The summed E-state index contributed by atoms with van der Waals surface area (Å²) in [7, 11) is 0. The van der Waals surface area contributed by atoms with Gasteiger partial charge in [-0.15, -0.1) is 5.06 Å². The number of unbranched alkanes of at least 4 members (excludes halogenated alkanes) is 1. The minimum atomic E-state index is -1.81. The van der Waals surface area contributed by atoms with E-state index in [1.807, 2.05) is 0 Å². The van der Waals surface area contributed by atoms with Crippen LogP contribution in [-0.2, 0) is 59.2 Å². The molecule has 1 heterocycles. The number of hydroxylamine groups is 2. The normalized spacial score (nSPS) is 13.8. The molecule has 66 heavy (non-hydrogen) atoms. The van der Waals surface area contributed by atoms with Crippen molar-refractivity contribution in [3.8, 4) is 5.75 Å². The maximum Gasteiger partial charge on any atom is 0.363 e. The van der Waals surface area contributed by atoms with Gasteiger partial charge in [0, 0.05) is 50.6 Å². The molecule has 0 unspecified atom stereocenters. The average molecular weight is 927 g/mol. The molecule has 3 rings (SSSR count). The number of carbonyl (C=O) groups excluding carboxylic acids is 8. The molecule has 24 heteroatoms. The summed E-state index contributed by atoms with van der Waals surface area (Å²) in [6, 6.07) is 4.09.